The maximum absolute atomic E-state index is 12.8. The third-order valence-electron chi connectivity index (χ3n) is 6.83. The number of ether oxygens (including phenoxy) is 1. The molecule has 1 fully saturated rings. The van der Waals surface area contributed by atoms with Crippen LogP contribution >= 0.6 is 35.0 Å². The molecule has 0 bridgehead atoms. The molecule has 5 rings (SSSR count). The fourth-order valence-electron chi connectivity index (χ4n) is 4.97. The van der Waals surface area contributed by atoms with E-state index in [0.717, 1.165) is 43.0 Å². The number of anilines is 1. The number of rotatable bonds is 4. The number of benzene rings is 2. The first kappa shape index (κ1) is 22.6. The van der Waals surface area contributed by atoms with E-state index in [9.17, 15) is 4.79 Å². The monoisotopic (exact) mass is 502 g/mol. The lowest BCUT2D eigenvalue weighted by Crippen LogP contribution is -2.46. The average Bonchev–Trinajstić information content (AvgIpc) is 3.08. The van der Waals surface area contributed by atoms with Gasteiger partial charge in [0.25, 0.3) is 5.56 Å². The Morgan fingerprint density at radius 2 is 2.03 bits per heavy atom. The van der Waals surface area contributed by atoms with E-state index in [2.05, 4.69) is 27.0 Å². The molecule has 3 aromatic rings. The minimum Gasteiger partial charge on any atom is -0.497 e. The molecule has 0 saturated carbocycles. The van der Waals surface area contributed by atoms with E-state index >= 15 is 0 Å². The predicted octanol–water partition coefficient (Wildman–Crippen LogP) is 5.08. The minimum atomic E-state index is -0.210. The minimum absolute atomic E-state index is 0.00646. The Kier molecular flexibility index (Phi) is 6.07. The number of nitrogens with zero attached hydrogens (tertiary/aromatic N) is 2. The molecule has 3 N–H and O–H groups in total. The number of hydrogen-bond acceptors (Lipinski definition) is 6. The Morgan fingerprint density at radius 3 is 2.76 bits per heavy atom. The molecule has 0 amide bonds. The Labute approximate surface area is 206 Å². The van der Waals surface area contributed by atoms with Gasteiger partial charge in [0.2, 0.25) is 0 Å². The molecule has 172 valence electrons. The van der Waals surface area contributed by atoms with Gasteiger partial charge < -0.3 is 20.4 Å². The van der Waals surface area contributed by atoms with E-state index < -0.39 is 0 Å². The molecule has 1 saturated heterocycles. The first-order chi connectivity index (χ1) is 15.9. The Morgan fingerprint density at radius 1 is 1.24 bits per heavy atom. The number of piperidine rings is 1. The van der Waals surface area contributed by atoms with Crippen molar-refractivity contribution in [1.82, 2.24) is 9.97 Å². The second-order valence-corrected chi connectivity index (χ2v) is 10.5. The summed E-state index contributed by atoms with van der Waals surface area (Å²) in [6, 6.07) is 11.6. The van der Waals surface area contributed by atoms with Crippen LogP contribution in [0.25, 0.3) is 0 Å². The molecule has 1 aromatic heterocycles. The van der Waals surface area contributed by atoms with Crippen molar-refractivity contribution in [2.75, 3.05) is 25.1 Å². The molecular weight excluding hydrogens is 479 g/mol. The SMILES string of the molecule is COc1ccc2c(c1)CC1(CCN(c3ncc(Sc4cccc(Cl)c4Cl)[nH]c3=O)CC1)[C@@H]2N. The van der Waals surface area contributed by atoms with Crippen LogP contribution in [0, 0.1) is 5.41 Å². The van der Waals surface area contributed by atoms with E-state index in [0.29, 0.717) is 20.9 Å². The van der Waals surface area contributed by atoms with Crippen LogP contribution in [0.1, 0.15) is 30.0 Å². The van der Waals surface area contributed by atoms with Crippen molar-refractivity contribution >= 4 is 40.8 Å². The topological polar surface area (TPSA) is 84.2 Å². The Balaban J connectivity index is 1.29. The zero-order valence-corrected chi connectivity index (χ0v) is 20.4. The summed E-state index contributed by atoms with van der Waals surface area (Å²) in [5.41, 5.74) is 8.99. The van der Waals surface area contributed by atoms with Gasteiger partial charge in [-0.1, -0.05) is 47.1 Å². The first-order valence-electron chi connectivity index (χ1n) is 10.8. The highest BCUT2D eigenvalue weighted by molar-refractivity contribution is 7.99. The number of hydrogen-bond donors (Lipinski definition) is 2. The number of aromatic amines is 1. The number of H-pyrrole nitrogens is 1. The lowest BCUT2D eigenvalue weighted by Gasteiger charge is -2.42. The molecule has 1 spiro atoms. The molecule has 1 aliphatic heterocycles. The number of aromatic nitrogens is 2. The normalized spacial score (nSPS) is 19.0. The molecule has 33 heavy (non-hydrogen) atoms. The third kappa shape index (κ3) is 4.12. The van der Waals surface area contributed by atoms with Gasteiger partial charge in [-0.15, -0.1) is 0 Å². The standard InChI is InChI=1S/C24H24Cl2N4O2S/c1-32-15-5-6-16-14(11-15)12-24(21(16)27)7-9-30(10-8-24)22-23(31)29-19(13-28-22)33-18-4-2-3-17(25)20(18)26/h2-6,11,13,21H,7-10,12,27H2,1H3,(H,29,31)/t21-/m1/s1. The summed E-state index contributed by atoms with van der Waals surface area (Å²) in [6.07, 6.45) is 4.42. The van der Waals surface area contributed by atoms with Crippen molar-refractivity contribution < 1.29 is 4.74 Å². The summed E-state index contributed by atoms with van der Waals surface area (Å²) in [4.78, 5) is 23.1. The van der Waals surface area contributed by atoms with Gasteiger partial charge in [-0.2, -0.15) is 0 Å². The van der Waals surface area contributed by atoms with Crippen LogP contribution in [-0.2, 0) is 6.42 Å². The summed E-state index contributed by atoms with van der Waals surface area (Å²) in [5, 5.41) is 1.55. The van der Waals surface area contributed by atoms with Gasteiger partial charge in [-0.3, -0.25) is 4.79 Å². The second-order valence-electron chi connectivity index (χ2n) is 8.62. The van der Waals surface area contributed by atoms with Crippen molar-refractivity contribution in [1.29, 1.82) is 0 Å². The maximum atomic E-state index is 12.8. The van der Waals surface area contributed by atoms with Gasteiger partial charge in [-0.05, 0) is 60.1 Å². The summed E-state index contributed by atoms with van der Waals surface area (Å²) in [6.45, 7) is 1.48. The molecule has 1 atom stereocenters. The summed E-state index contributed by atoms with van der Waals surface area (Å²) in [5.74, 6) is 1.31. The fraction of sp³-hybridized carbons (Fsp3) is 0.333. The molecule has 6 nitrogen and oxygen atoms in total. The molecule has 2 heterocycles. The van der Waals surface area contributed by atoms with Crippen molar-refractivity contribution in [3.8, 4) is 5.75 Å². The number of fused-ring (bicyclic) bond motifs is 1. The summed E-state index contributed by atoms with van der Waals surface area (Å²) < 4.78 is 5.39. The van der Waals surface area contributed by atoms with Crippen molar-refractivity contribution in [2.24, 2.45) is 11.1 Å². The Bertz CT molecular complexity index is 1260. The van der Waals surface area contributed by atoms with Crippen LogP contribution in [0.15, 0.2) is 57.3 Å². The molecule has 0 radical (unpaired) electrons. The molecule has 0 unspecified atom stereocenters. The molecule has 1 aliphatic carbocycles. The molecule has 2 aromatic carbocycles. The number of halogens is 2. The highest BCUT2D eigenvalue weighted by Crippen LogP contribution is 2.51. The van der Waals surface area contributed by atoms with Gasteiger partial charge >= 0.3 is 0 Å². The zero-order valence-electron chi connectivity index (χ0n) is 18.1. The van der Waals surface area contributed by atoms with Crippen LogP contribution in [0.3, 0.4) is 0 Å². The quantitative estimate of drug-likeness (QED) is 0.517. The lowest BCUT2D eigenvalue weighted by atomic mass is 9.73. The van der Waals surface area contributed by atoms with Crippen molar-refractivity contribution in [2.45, 2.75) is 35.2 Å². The fourth-order valence-corrected chi connectivity index (χ4v) is 6.28. The van der Waals surface area contributed by atoms with E-state index in [-0.39, 0.29) is 17.0 Å². The molecule has 2 aliphatic rings. The van der Waals surface area contributed by atoms with E-state index in [1.54, 1.807) is 19.4 Å². The highest BCUT2D eigenvalue weighted by Gasteiger charge is 2.46. The summed E-state index contributed by atoms with van der Waals surface area (Å²) >= 11 is 13.7. The second kappa shape index (κ2) is 8.87. The number of nitrogens with two attached hydrogens (primary N) is 1. The zero-order chi connectivity index (χ0) is 23.2. The average molecular weight is 503 g/mol. The molecule has 9 heteroatoms. The highest BCUT2D eigenvalue weighted by atomic mass is 35.5. The Hall–Kier alpha value is -2.19. The largest absolute Gasteiger partial charge is 0.497 e. The molecular formula is C24H24Cl2N4O2S. The summed E-state index contributed by atoms with van der Waals surface area (Å²) in [7, 11) is 1.68. The maximum Gasteiger partial charge on any atom is 0.291 e. The van der Waals surface area contributed by atoms with Crippen LogP contribution in [0.5, 0.6) is 5.75 Å². The van der Waals surface area contributed by atoms with Gasteiger partial charge in [0.15, 0.2) is 5.82 Å². The van der Waals surface area contributed by atoms with E-state index in [1.807, 2.05) is 18.2 Å². The van der Waals surface area contributed by atoms with Crippen molar-refractivity contribution in [3.05, 3.63) is 74.1 Å². The third-order valence-corrected chi connectivity index (χ3v) is 8.74. The van der Waals surface area contributed by atoms with Crippen molar-refractivity contribution in [3.63, 3.8) is 0 Å². The lowest BCUT2D eigenvalue weighted by molar-refractivity contribution is 0.187. The smallest absolute Gasteiger partial charge is 0.291 e. The van der Waals surface area contributed by atoms with Gasteiger partial charge in [0.05, 0.1) is 28.4 Å². The predicted molar refractivity (Wildman–Crippen MR) is 133 cm³/mol. The van der Waals surface area contributed by atoms with Crippen LogP contribution in [0.2, 0.25) is 10.0 Å². The van der Waals surface area contributed by atoms with Crippen LogP contribution in [0.4, 0.5) is 5.82 Å². The van der Waals surface area contributed by atoms with Crippen LogP contribution < -0.4 is 20.9 Å². The van der Waals surface area contributed by atoms with Gasteiger partial charge in [-0.25, -0.2) is 4.98 Å². The van der Waals surface area contributed by atoms with E-state index in [4.69, 9.17) is 33.7 Å². The van der Waals surface area contributed by atoms with E-state index in [1.165, 1.54) is 22.9 Å². The van der Waals surface area contributed by atoms with Crippen LogP contribution in [-0.4, -0.2) is 30.2 Å². The van der Waals surface area contributed by atoms with Gasteiger partial charge in [0.1, 0.15) is 5.75 Å². The first-order valence-corrected chi connectivity index (χ1v) is 12.4. The number of methoxy groups -OCH3 is 1. The van der Waals surface area contributed by atoms with Gasteiger partial charge in [0, 0.05) is 24.0 Å². The number of nitrogens with one attached hydrogen (secondary N) is 1.